The fourth-order valence-electron chi connectivity index (χ4n) is 2.89. The number of pyridine rings is 2. The van der Waals surface area contributed by atoms with Crippen LogP contribution in [0.4, 0.5) is 37.4 Å². The zero-order valence-corrected chi connectivity index (χ0v) is 30.8. The van der Waals surface area contributed by atoms with Crippen molar-refractivity contribution in [3.05, 3.63) is 59.4 Å². The van der Waals surface area contributed by atoms with E-state index in [1.54, 1.807) is 24.8 Å². The van der Waals surface area contributed by atoms with Gasteiger partial charge in [-0.1, -0.05) is 57.7 Å². The Labute approximate surface area is 309 Å². The number of carbonyl (C=O) groups is 1. The van der Waals surface area contributed by atoms with Crippen LogP contribution in [-0.2, 0) is 4.79 Å². The lowest BCUT2D eigenvalue weighted by atomic mass is 10.3. The smallest absolute Gasteiger partial charge is 0.241 e. The molecule has 0 aliphatic heterocycles. The lowest BCUT2D eigenvalue weighted by Crippen LogP contribution is -2.36. The fraction of sp³-hybridized carbons (Fsp3) is 0.233. The predicted molar refractivity (Wildman–Crippen MR) is 195 cm³/mol. The molecule has 0 spiro atoms. The maximum Gasteiger partial charge on any atom is 0.241 e. The average Bonchev–Trinajstić information content (AvgIpc) is 3.74. The molecule has 7 nitrogen and oxygen atoms in total. The van der Waals surface area contributed by atoms with Gasteiger partial charge >= 0.3 is 0 Å². The Balaban J connectivity index is -0.000000689. The van der Waals surface area contributed by atoms with Gasteiger partial charge in [-0.05, 0) is 51.3 Å². The van der Waals surface area contributed by atoms with Crippen LogP contribution in [0.2, 0.25) is 10.3 Å². The Kier molecular flexibility index (Phi) is 32.0. The van der Waals surface area contributed by atoms with Crippen molar-refractivity contribution in [2.45, 2.75) is 26.0 Å². The minimum atomic E-state index is -0.201. The molecule has 4 aromatic rings. The van der Waals surface area contributed by atoms with Crippen LogP contribution in [0.3, 0.4) is 0 Å². The summed E-state index contributed by atoms with van der Waals surface area (Å²) in [6.07, 6.45) is 19.3. The molecule has 0 aromatic carbocycles. The molecule has 0 bridgehead atoms. The molecule has 1 atom stereocenters. The zero-order valence-electron chi connectivity index (χ0n) is 26.1. The summed E-state index contributed by atoms with van der Waals surface area (Å²) < 4.78 is 48.0. The molecule has 4 heterocycles. The third-order valence-electron chi connectivity index (χ3n) is 5.04. The third kappa shape index (κ3) is 18.0. The molecule has 0 aliphatic rings. The van der Waals surface area contributed by atoms with Gasteiger partial charge in [0.05, 0.1) is 18.3 Å². The highest BCUT2D eigenvalue weighted by Gasteiger charge is 2.25. The lowest BCUT2D eigenvalue weighted by molar-refractivity contribution is -0.117. The quantitative estimate of drug-likeness (QED) is 0.140. The number of thiazole rings is 2. The highest BCUT2D eigenvalue weighted by Crippen LogP contribution is 2.38. The van der Waals surface area contributed by atoms with Crippen LogP contribution < -0.4 is 10.2 Å². The first kappa shape index (κ1) is 49.7. The summed E-state index contributed by atoms with van der Waals surface area (Å²) in [5.41, 5.74) is 1.80. The van der Waals surface area contributed by atoms with E-state index < -0.39 is 0 Å². The number of terminal acetylenes is 2. The third-order valence-corrected chi connectivity index (χ3v) is 8.89. The Morgan fingerprint density at radius 3 is 1.82 bits per heavy atom. The molecular weight excluding hydrogens is 777 g/mol. The van der Waals surface area contributed by atoms with Gasteiger partial charge in [0.15, 0.2) is 10.3 Å². The average molecular weight is 806 g/mol. The fourth-order valence-corrected chi connectivity index (χ4v) is 5.68. The molecule has 266 valence electrons. The second-order valence-corrected chi connectivity index (χ2v) is 11.7. The monoisotopic (exact) mass is 804 g/mol. The highest BCUT2D eigenvalue weighted by atomic mass is 35.5. The van der Waals surface area contributed by atoms with E-state index in [0.29, 0.717) is 21.7 Å². The summed E-state index contributed by atoms with van der Waals surface area (Å²) in [5, 5.41) is 6.44. The Morgan fingerprint density at radius 1 is 0.918 bits per heavy atom. The van der Waals surface area contributed by atoms with Gasteiger partial charge in [0, 0.05) is 63.4 Å². The van der Waals surface area contributed by atoms with Gasteiger partial charge in [-0.3, -0.25) is 19.7 Å². The Morgan fingerprint density at radius 2 is 1.41 bits per heavy atom. The van der Waals surface area contributed by atoms with Crippen LogP contribution in [-0.4, -0.2) is 50.4 Å². The topological polar surface area (TPSA) is 83.9 Å². The number of nitrogens with zero attached hydrogens (tertiary/aromatic N) is 5. The summed E-state index contributed by atoms with van der Waals surface area (Å²) in [7, 11) is 0. The van der Waals surface area contributed by atoms with Crippen LogP contribution in [0.15, 0.2) is 49.1 Å². The number of hydrogen-bond acceptors (Lipinski definition) is 9. The van der Waals surface area contributed by atoms with E-state index in [2.05, 4.69) is 48.9 Å². The summed E-state index contributed by atoms with van der Waals surface area (Å²) in [6, 6.07) is 7.51. The standard InChI is InChI=1S/C15H14ClN3OS2.C11H8ClN3S.C4H6.ClH.3F2/c1-4-8-19(14(20)10(2)21-3)15-12(16)18-13(22-15)11-6-5-7-17-9-11;1-2-5-14-11-9(12)15-10(16-11)8-4-3-6-13-7-8;1-3-4-2;;3*1-2/h1,5-7,9-10H,8H2,2-3H3;1,3-4,6-7,14H,5H2;1-2H3;1H;;;. The van der Waals surface area contributed by atoms with Gasteiger partial charge in [-0.25, -0.2) is 9.97 Å². The van der Waals surface area contributed by atoms with Gasteiger partial charge in [-0.15, -0.1) is 37.1 Å². The van der Waals surface area contributed by atoms with Gasteiger partial charge in [0.2, 0.25) is 5.91 Å². The number of halogens is 9. The van der Waals surface area contributed by atoms with Gasteiger partial charge in [0.25, 0.3) is 0 Å². The van der Waals surface area contributed by atoms with E-state index in [4.69, 9.17) is 63.5 Å². The van der Waals surface area contributed by atoms with E-state index in [1.165, 1.54) is 39.3 Å². The zero-order chi connectivity index (χ0) is 36.9. The minimum Gasteiger partial charge on any atom is -0.363 e. The van der Waals surface area contributed by atoms with Crippen molar-refractivity contribution in [2.24, 2.45) is 0 Å². The van der Waals surface area contributed by atoms with Crippen molar-refractivity contribution in [2.75, 3.05) is 29.6 Å². The summed E-state index contributed by atoms with van der Waals surface area (Å²) in [6.45, 7) is 6.08. The molecule has 1 unspecified atom stereocenters. The minimum absolute atomic E-state index is 0. The van der Waals surface area contributed by atoms with E-state index in [9.17, 15) is 4.79 Å². The number of rotatable bonds is 8. The van der Waals surface area contributed by atoms with Crippen molar-refractivity contribution < 1.29 is 32.2 Å². The first-order valence-corrected chi connectivity index (χ1v) is 16.3. The highest BCUT2D eigenvalue weighted by molar-refractivity contribution is 7.99. The van der Waals surface area contributed by atoms with Gasteiger partial charge < -0.3 is 5.32 Å². The van der Waals surface area contributed by atoms with E-state index in [1.807, 2.05) is 51.3 Å². The number of amides is 1. The second-order valence-electron chi connectivity index (χ2n) is 7.80. The molecular formula is C30H29Cl3F6N6OS3. The SMILES string of the molecule is C#CCN(C(=O)C(C)SC)c1sc(-c2cccnc2)nc1Cl.C#CCNc1sc(-c2cccnc2)nc1Cl.CC#CC.Cl.FF.FF.FF. The summed E-state index contributed by atoms with van der Waals surface area (Å²) in [4.78, 5) is 30.7. The van der Waals surface area contributed by atoms with Crippen LogP contribution in [0.5, 0.6) is 0 Å². The molecule has 19 heteroatoms. The van der Waals surface area contributed by atoms with Crippen molar-refractivity contribution >= 4 is 86.0 Å². The van der Waals surface area contributed by atoms with E-state index in [-0.39, 0.29) is 35.3 Å². The van der Waals surface area contributed by atoms with Gasteiger partial charge in [0.1, 0.15) is 20.0 Å². The van der Waals surface area contributed by atoms with E-state index >= 15 is 0 Å². The molecule has 4 rings (SSSR count). The first-order chi connectivity index (χ1) is 23.3. The summed E-state index contributed by atoms with van der Waals surface area (Å²) in [5.74, 6) is 10.3. The number of hydrogen-bond donors (Lipinski definition) is 1. The van der Waals surface area contributed by atoms with Crippen molar-refractivity contribution in [1.29, 1.82) is 0 Å². The molecule has 1 amide bonds. The van der Waals surface area contributed by atoms with Crippen LogP contribution >= 0.6 is 70.0 Å². The molecule has 0 saturated heterocycles. The normalized spacial score (nSPS) is 9.10. The molecule has 4 aromatic heterocycles. The Hall–Kier alpha value is -3.69. The molecule has 0 radical (unpaired) electrons. The number of anilines is 2. The summed E-state index contributed by atoms with van der Waals surface area (Å²) >= 11 is 16.5. The molecule has 0 fully saturated rings. The maximum absolute atomic E-state index is 12.5. The molecule has 0 saturated carbocycles. The lowest BCUT2D eigenvalue weighted by Gasteiger charge is -2.21. The van der Waals surface area contributed by atoms with Crippen molar-refractivity contribution in [3.63, 3.8) is 0 Å². The number of nitrogens with one attached hydrogen (secondary N) is 1. The second kappa shape index (κ2) is 31.6. The van der Waals surface area contributed by atoms with Gasteiger partial charge in [-0.2, -0.15) is 11.8 Å². The van der Waals surface area contributed by atoms with Crippen LogP contribution in [0, 0.1) is 36.5 Å². The van der Waals surface area contributed by atoms with E-state index in [0.717, 1.165) is 21.1 Å². The molecule has 1 N–H and O–H groups in total. The molecule has 0 aliphatic carbocycles. The number of carbonyl (C=O) groups excluding carboxylic acids is 1. The maximum atomic E-state index is 12.5. The Bertz CT molecular complexity index is 1590. The van der Waals surface area contributed by atoms with Crippen LogP contribution in [0.25, 0.3) is 21.1 Å². The largest absolute Gasteiger partial charge is 0.363 e. The van der Waals surface area contributed by atoms with Crippen LogP contribution in [0.1, 0.15) is 20.8 Å². The number of aromatic nitrogens is 4. The van der Waals surface area contributed by atoms with Crippen molar-refractivity contribution in [1.82, 2.24) is 19.9 Å². The number of thioether (sulfide) groups is 1. The van der Waals surface area contributed by atoms with Crippen molar-refractivity contribution in [3.8, 4) is 57.7 Å². The predicted octanol–water partition coefficient (Wildman–Crippen LogP) is 10.5. The molecule has 49 heavy (non-hydrogen) atoms. The first-order valence-electron chi connectivity index (χ1n) is 12.7.